The zero-order valence-corrected chi connectivity index (χ0v) is 13.6. The highest BCUT2D eigenvalue weighted by molar-refractivity contribution is 5.81. The fraction of sp³-hybridized carbons (Fsp3) is 0.867. The van der Waals surface area contributed by atoms with E-state index in [0.717, 1.165) is 0 Å². The van der Waals surface area contributed by atoms with Crippen molar-refractivity contribution in [3.05, 3.63) is 0 Å². The summed E-state index contributed by atoms with van der Waals surface area (Å²) in [6.07, 6.45) is -4.59. The minimum Gasteiger partial charge on any atom is -0.444 e. The predicted octanol–water partition coefficient (Wildman–Crippen LogP) is 2.84. The number of nitrogens with one attached hydrogen (secondary N) is 1. The van der Waals surface area contributed by atoms with E-state index in [9.17, 15) is 22.8 Å². The van der Waals surface area contributed by atoms with Gasteiger partial charge in [0.25, 0.3) is 0 Å². The van der Waals surface area contributed by atoms with Crippen LogP contribution in [0.15, 0.2) is 0 Å². The number of halogens is 3. The summed E-state index contributed by atoms with van der Waals surface area (Å²) in [5.41, 5.74) is -2.94. The molecule has 0 aromatic heterocycles. The lowest BCUT2D eigenvalue weighted by molar-refractivity contribution is -0.209. The maximum absolute atomic E-state index is 13.5. The molecular formula is C15H23F3N2O3. The molecular weight excluding hydrogens is 313 g/mol. The molecule has 1 heterocycles. The average Bonchev–Trinajstić information content (AvgIpc) is 3.20. The summed E-state index contributed by atoms with van der Waals surface area (Å²) in [7, 11) is 0. The van der Waals surface area contributed by atoms with Gasteiger partial charge in [0, 0.05) is 19.0 Å². The van der Waals surface area contributed by atoms with Gasteiger partial charge in [-0.15, -0.1) is 0 Å². The van der Waals surface area contributed by atoms with Crippen molar-refractivity contribution in [2.45, 2.75) is 63.8 Å². The minimum atomic E-state index is -4.54. The van der Waals surface area contributed by atoms with E-state index in [0.29, 0.717) is 12.8 Å². The molecule has 2 fully saturated rings. The van der Waals surface area contributed by atoms with Crippen LogP contribution in [0.2, 0.25) is 0 Å². The Hall–Kier alpha value is -1.47. The van der Waals surface area contributed by atoms with E-state index in [4.69, 9.17) is 4.74 Å². The Balaban J connectivity index is 2.02. The fourth-order valence-electron chi connectivity index (χ4n) is 2.56. The van der Waals surface area contributed by atoms with Gasteiger partial charge in [-0.1, -0.05) is 0 Å². The number of ether oxygens (including phenoxy) is 1. The van der Waals surface area contributed by atoms with Gasteiger partial charge in [0.05, 0.1) is 0 Å². The molecule has 23 heavy (non-hydrogen) atoms. The first-order chi connectivity index (χ1) is 10.4. The molecule has 0 unspecified atom stereocenters. The molecule has 0 radical (unpaired) electrons. The minimum absolute atomic E-state index is 0.0978. The average molecular weight is 336 g/mol. The summed E-state index contributed by atoms with van der Waals surface area (Å²) in [5.74, 6) is -0.828. The van der Waals surface area contributed by atoms with Crippen molar-refractivity contribution in [1.29, 1.82) is 0 Å². The summed E-state index contributed by atoms with van der Waals surface area (Å²) in [5, 5.41) is 2.20. The molecule has 0 aromatic rings. The molecule has 0 aromatic carbocycles. The van der Waals surface area contributed by atoms with Gasteiger partial charge in [-0.2, -0.15) is 13.2 Å². The highest BCUT2D eigenvalue weighted by atomic mass is 19.4. The molecule has 2 aliphatic rings. The van der Waals surface area contributed by atoms with E-state index in [2.05, 4.69) is 5.32 Å². The second kappa shape index (κ2) is 5.87. The first kappa shape index (κ1) is 17.9. The van der Waals surface area contributed by atoms with Crippen LogP contribution in [0.5, 0.6) is 0 Å². The number of carbonyl (C=O) groups is 2. The summed E-state index contributed by atoms with van der Waals surface area (Å²) in [6, 6.07) is 0. The monoisotopic (exact) mass is 336 g/mol. The Kier molecular flexibility index (Phi) is 4.56. The third-order valence-electron chi connectivity index (χ3n) is 4.12. The van der Waals surface area contributed by atoms with Crippen LogP contribution < -0.4 is 5.32 Å². The van der Waals surface area contributed by atoms with Gasteiger partial charge in [0.15, 0.2) is 0 Å². The molecule has 5 nitrogen and oxygen atoms in total. The van der Waals surface area contributed by atoms with Crippen LogP contribution in [0.1, 0.15) is 46.5 Å². The molecule has 8 heteroatoms. The molecule has 132 valence electrons. The van der Waals surface area contributed by atoms with E-state index in [1.807, 2.05) is 0 Å². The lowest BCUT2D eigenvalue weighted by atomic mass is 9.86. The van der Waals surface area contributed by atoms with Crippen molar-refractivity contribution in [3.8, 4) is 0 Å². The van der Waals surface area contributed by atoms with E-state index in [1.165, 1.54) is 4.90 Å². The number of nitrogens with zero attached hydrogens (tertiary/aromatic N) is 1. The van der Waals surface area contributed by atoms with Gasteiger partial charge in [0.2, 0.25) is 5.91 Å². The Morgan fingerprint density at radius 1 is 1.13 bits per heavy atom. The maximum Gasteiger partial charge on any atom is 0.411 e. The Labute approximate surface area is 133 Å². The summed E-state index contributed by atoms with van der Waals surface area (Å²) < 4.78 is 45.7. The van der Waals surface area contributed by atoms with Crippen molar-refractivity contribution < 1.29 is 27.5 Å². The number of alkyl halides is 3. The fourth-order valence-corrected chi connectivity index (χ4v) is 2.56. The second-order valence-electron chi connectivity index (χ2n) is 7.31. The zero-order valence-electron chi connectivity index (χ0n) is 13.6. The molecule has 2 rings (SSSR count). The Bertz CT molecular complexity index is 473. The number of hydrogen-bond acceptors (Lipinski definition) is 3. The molecule has 0 spiro atoms. The van der Waals surface area contributed by atoms with Crippen LogP contribution in [0.4, 0.5) is 18.0 Å². The molecule has 0 atom stereocenters. The normalized spacial score (nSPS) is 21.7. The molecule has 1 aliphatic carbocycles. The van der Waals surface area contributed by atoms with Gasteiger partial charge in [-0.05, 0) is 46.5 Å². The van der Waals surface area contributed by atoms with E-state index in [1.54, 1.807) is 20.8 Å². The van der Waals surface area contributed by atoms with Crippen molar-refractivity contribution in [1.82, 2.24) is 10.2 Å². The van der Waals surface area contributed by atoms with Gasteiger partial charge in [0.1, 0.15) is 11.1 Å². The number of rotatable bonds is 2. The number of piperidine rings is 1. The number of hydrogen-bond donors (Lipinski definition) is 1. The van der Waals surface area contributed by atoms with Gasteiger partial charge in [-0.3, -0.25) is 4.79 Å². The van der Waals surface area contributed by atoms with Gasteiger partial charge >= 0.3 is 12.3 Å². The maximum atomic E-state index is 13.5. The molecule has 1 saturated heterocycles. The third kappa shape index (κ3) is 4.29. The number of amides is 2. The Morgan fingerprint density at radius 3 is 2.04 bits per heavy atom. The highest BCUT2D eigenvalue weighted by Gasteiger charge is 2.57. The van der Waals surface area contributed by atoms with Crippen molar-refractivity contribution in [2.24, 2.45) is 5.92 Å². The first-order valence-corrected chi connectivity index (χ1v) is 7.80. The largest absolute Gasteiger partial charge is 0.444 e. The lowest BCUT2D eigenvalue weighted by Crippen LogP contribution is -2.64. The van der Waals surface area contributed by atoms with E-state index >= 15 is 0 Å². The van der Waals surface area contributed by atoms with Gasteiger partial charge < -0.3 is 15.0 Å². The van der Waals surface area contributed by atoms with Crippen LogP contribution in [-0.2, 0) is 9.53 Å². The third-order valence-corrected chi connectivity index (χ3v) is 4.12. The van der Waals surface area contributed by atoms with Crippen LogP contribution in [0.3, 0.4) is 0 Å². The summed E-state index contributed by atoms with van der Waals surface area (Å²) in [6.45, 7) is 4.90. The van der Waals surface area contributed by atoms with Crippen LogP contribution in [0.25, 0.3) is 0 Å². The summed E-state index contributed by atoms with van der Waals surface area (Å²) >= 11 is 0. The van der Waals surface area contributed by atoms with E-state index < -0.39 is 29.3 Å². The zero-order chi connectivity index (χ0) is 17.5. The standard InChI is InChI=1S/C15H23F3N2O3/c1-13(2,3)23-12(22)20-8-6-14(7-9-20,15(16,17)18)19-11(21)10-4-5-10/h10H,4-9H2,1-3H3,(H,19,21). The Morgan fingerprint density at radius 2 is 1.65 bits per heavy atom. The molecule has 0 bridgehead atoms. The SMILES string of the molecule is CC(C)(C)OC(=O)N1CCC(NC(=O)C2CC2)(C(F)(F)F)CC1. The van der Waals surface area contributed by atoms with Crippen LogP contribution >= 0.6 is 0 Å². The van der Waals surface area contributed by atoms with Crippen LogP contribution in [0, 0.1) is 5.92 Å². The predicted molar refractivity (Wildman–Crippen MR) is 76.7 cm³/mol. The lowest BCUT2D eigenvalue weighted by Gasteiger charge is -2.43. The van der Waals surface area contributed by atoms with Crippen molar-refractivity contribution in [3.63, 3.8) is 0 Å². The highest BCUT2D eigenvalue weighted by Crippen LogP contribution is 2.40. The van der Waals surface area contributed by atoms with Crippen molar-refractivity contribution in [2.75, 3.05) is 13.1 Å². The van der Waals surface area contributed by atoms with E-state index in [-0.39, 0.29) is 31.8 Å². The summed E-state index contributed by atoms with van der Waals surface area (Å²) in [4.78, 5) is 25.0. The van der Waals surface area contributed by atoms with Crippen molar-refractivity contribution >= 4 is 12.0 Å². The van der Waals surface area contributed by atoms with Gasteiger partial charge in [-0.25, -0.2) is 4.79 Å². The second-order valence-corrected chi connectivity index (χ2v) is 7.31. The molecule has 1 aliphatic heterocycles. The molecule has 1 N–H and O–H groups in total. The quantitative estimate of drug-likeness (QED) is 0.843. The topological polar surface area (TPSA) is 58.6 Å². The number of likely N-dealkylation sites (tertiary alicyclic amines) is 1. The first-order valence-electron chi connectivity index (χ1n) is 7.80. The smallest absolute Gasteiger partial charge is 0.411 e. The molecule has 2 amide bonds. The van der Waals surface area contributed by atoms with Crippen LogP contribution in [-0.4, -0.2) is 47.3 Å². The molecule has 1 saturated carbocycles. The number of carbonyl (C=O) groups excluding carboxylic acids is 2.